The van der Waals surface area contributed by atoms with Crippen molar-refractivity contribution >= 4 is 18.0 Å². The van der Waals surface area contributed by atoms with Gasteiger partial charge in [-0.25, -0.2) is 9.79 Å². The normalized spacial score (nSPS) is 10.8. The van der Waals surface area contributed by atoms with Crippen LogP contribution in [-0.4, -0.2) is 30.8 Å². The second kappa shape index (κ2) is 8.29. The fourth-order valence-corrected chi connectivity index (χ4v) is 2.11. The lowest BCUT2D eigenvalue weighted by molar-refractivity contribution is 0.0472. The molecule has 0 bridgehead atoms. The fourth-order valence-electron chi connectivity index (χ4n) is 2.11. The molecular weight excluding hydrogens is 300 g/mol. The van der Waals surface area contributed by atoms with Gasteiger partial charge in [-0.3, -0.25) is 0 Å². The molecule has 0 spiro atoms. The summed E-state index contributed by atoms with van der Waals surface area (Å²) in [6.07, 6.45) is 1.78. The van der Waals surface area contributed by atoms with Crippen molar-refractivity contribution in [1.82, 2.24) is 4.90 Å². The van der Waals surface area contributed by atoms with Gasteiger partial charge in [-0.2, -0.15) is 0 Å². The van der Waals surface area contributed by atoms with E-state index >= 15 is 0 Å². The van der Waals surface area contributed by atoms with Gasteiger partial charge in [0.05, 0.1) is 17.6 Å². The van der Waals surface area contributed by atoms with Crippen molar-refractivity contribution in [3.8, 4) is 0 Å². The molecule has 0 saturated carbocycles. The molecular formula is C20H24N2O2. The minimum Gasteiger partial charge on any atom is -0.457 e. The van der Waals surface area contributed by atoms with Crippen molar-refractivity contribution < 1.29 is 9.53 Å². The first-order valence-electron chi connectivity index (χ1n) is 8.07. The topological polar surface area (TPSA) is 41.9 Å². The van der Waals surface area contributed by atoms with Crippen LogP contribution in [0.4, 0.5) is 5.69 Å². The lowest BCUT2D eigenvalue weighted by atomic mass is 10.1. The maximum absolute atomic E-state index is 12.3. The Balaban J connectivity index is 2.01. The highest BCUT2D eigenvalue weighted by molar-refractivity contribution is 5.91. The minimum absolute atomic E-state index is 0.278. The molecule has 2 rings (SSSR count). The summed E-state index contributed by atoms with van der Waals surface area (Å²) >= 11 is 0. The summed E-state index contributed by atoms with van der Waals surface area (Å²) in [5.41, 5.74) is 4.42. The molecule has 0 fully saturated rings. The minimum atomic E-state index is -0.311. The number of aryl methyl sites for hydroxylation is 2. The third kappa shape index (κ3) is 4.95. The number of hydrogen-bond acceptors (Lipinski definition) is 3. The predicted molar refractivity (Wildman–Crippen MR) is 97.9 cm³/mol. The average molecular weight is 324 g/mol. The van der Waals surface area contributed by atoms with Gasteiger partial charge < -0.3 is 9.64 Å². The van der Waals surface area contributed by atoms with Crippen molar-refractivity contribution in [3.05, 3.63) is 64.7 Å². The van der Waals surface area contributed by atoms with Crippen LogP contribution in [0.25, 0.3) is 0 Å². The summed E-state index contributed by atoms with van der Waals surface area (Å²) in [6.45, 7) is 7.16. The smallest absolute Gasteiger partial charge is 0.338 e. The first kappa shape index (κ1) is 17.7. The van der Waals surface area contributed by atoms with Crippen molar-refractivity contribution in [1.29, 1.82) is 0 Å². The Morgan fingerprint density at radius 3 is 2.50 bits per heavy atom. The molecule has 0 amide bonds. The zero-order valence-corrected chi connectivity index (χ0v) is 14.7. The Morgan fingerprint density at radius 2 is 1.88 bits per heavy atom. The molecule has 0 unspecified atom stereocenters. The molecule has 0 N–H and O–H groups in total. The Morgan fingerprint density at radius 1 is 1.17 bits per heavy atom. The summed E-state index contributed by atoms with van der Waals surface area (Å²) in [6, 6.07) is 13.4. The van der Waals surface area contributed by atoms with Gasteiger partial charge in [0.2, 0.25) is 0 Å². The molecule has 0 aliphatic rings. The molecule has 0 aliphatic carbocycles. The van der Waals surface area contributed by atoms with Gasteiger partial charge in [0.1, 0.15) is 6.61 Å². The molecule has 0 aromatic heterocycles. The van der Waals surface area contributed by atoms with Crippen LogP contribution in [-0.2, 0) is 11.3 Å². The van der Waals surface area contributed by atoms with Gasteiger partial charge in [-0.05, 0) is 50.1 Å². The number of ether oxygens (including phenoxy) is 1. The standard InChI is InChI=1S/C20H24N2O2/c1-5-22(4)14-21-18-10-11-19(16(3)12-18)20(23)24-13-17-8-6-15(2)7-9-17/h6-12,14H,5,13H2,1-4H3. The lowest BCUT2D eigenvalue weighted by Crippen LogP contribution is -2.14. The van der Waals surface area contributed by atoms with E-state index in [4.69, 9.17) is 4.74 Å². The molecule has 0 aliphatic heterocycles. The van der Waals surface area contributed by atoms with E-state index in [1.165, 1.54) is 5.56 Å². The average Bonchev–Trinajstić information content (AvgIpc) is 2.59. The van der Waals surface area contributed by atoms with E-state index < -0.39 is 0 Å². The number of benzene rings is 2. The zero-order valence-electron chi connectivity index (χ0n) is 14.7. The highest BCUT2D eigenvalue weighted by Crippen LogP contribution is 2.19. The molecule has 2 aromatic carbocycles. The number of carbonyl (C=O) groups is 1. The number of aliphatic imine (C=N–C) groups is 1. The molecule has 0 heterocycles. The van der Waals surface area contributed by atoms with Crippen molar-refractivity contribution in [2.45, 2.75) is 27.4 Å². The largest absolute Gasteiger partial charge is 0.457 e. The molecule has 0 atom stereocenters. The number of carbonyl (C=O) groups excluding carboxylic acids is 1. The molecule has 24 heavy (non-hydrogen) atoms. The molecule has 126 valence electrons. The van der Waals surface area contributed by atoms with Crippen LogP contribution in [0.5, 0.6) is 0 Å². The van der Waals surface area contributed by atoms with E-state index in [1.54, 1.807) is 12.4 Å². The van der Waals surface area contributed by atoms with Crippen LogP contribution in [0, 0.1) is 13.8 Å². The van der Waals surface area contributed by atoms with Gasteiger partial charge in [0, 0.05) is 13.6 Å². The fraction of sp³-hybridized carbons (Fsp3) is 0.300. The molecule has 2 aromatic rings. The maximum atomic E-state index is 12.3. The quantitative estimate of drug-likeness (QED) is 0.453. The number of hydrogen-bond donors (Lipinski definition) is 0. The maximum Gasteiger partial charge on any atom is 0.338 e. The van der Waals surface area contributed by atoms with Gasteiger partial charge in [-0.1, -0.05) is 29.8 Å². The first-order chi connectivity index (χ1) is 11.5. The summed E-state index contributed by atoms with van der Waals surface area (Å²) in [7, 11) is 1.97. The van der Waals surface area contributed by atoms with Crippen LogP contribution in [0.15, 0.2) is 47.5 Å². The van der Waals surface area contributed by atoms with Gasteiger partial charge in [0.25, 0.3) is 0 Å². The second-order valence-electron chi connectivity index (χ2n) is 5.88. The Kier molecular flexibility index (Phi) is 6.13. The lowest BCUT2D eigenvalue weighted by Gasteiger charge is -2.10. The Bertz CT molecular complexity index is 721. The highest BCUT2D eigenvalue weighted by Gasteiger charge is 2.11. The van der Waals surface area contributed by atoms with Crippen LogP contribution >= 0.6 is 0 Å². The monoisotopic (exact) mass is 324 g/mol. The number of esters is 1. The molecule has 0 saturated heterocycles. The number of rotatable bonds is 6. The van der Waals surface area contributed by atoms with Crippen LogP contribution in [0.3, 0.4) is 0 Å². The second-order valence-corrected chi connectivity index (χ2v) is 5.88. The van der Waals surface area contributed by atoms with E-state index in [2.05, 4.69) is 11.9 Å². The molecule has 4 nitrogen and oxygen atoms in total. The van der Waals surface area contributed by atoms with Gasteiger partial charge >= 0.3 is 5.97 Å². The van der Waals surface area contributed by atoms with Gasteiger partial charge in [0.15, 0.2) is 0 Å². The summed E-state index contributed by atoms with van der Waals surface area (Å²) < 4.78 is 5.40. The van der Waals surface area contributed by atoms with Crippen LogP contribution in [0.1, 0.15) is 34.0 Å². The van der Waals surface area contributed by atoms with E-state index in [0.717, 1.165) is 23.4 Å². The summed E-state index contributed by atoms with van der Waals surface area (Å²) in [4.78, 5) is 18.6. The third-order valence-electron chi connectivity index (χ3n) is 3.82. The highest BCUT2D eigenvalue weighted by atomic mass is 16.5. The number of nitrogens with zero attached hydrogens (tertiary/aromatic N) is 2. The predicted octanol–water partition coefficient (Wildman–Crippen LogP) is 4.27. The third-order valence-corrected chi connectivity index (χ3v) is 3.82. The van der Waals surface area contributed by atoms with E-state index in [9.17, 15) is 4.79 Å². The van der Waals surface area contributed by atoms with Crippen molar-refractivity contribution in [3.63, 3.8) is 0 Å². The SMILES string of the molecule is CCN(C)C=Nc1ccc(C(=O)OCc2ccc(C)cc2)c(C)c1. The van der Waals surface area contributed by atoms with E-state index in [-0.39, 0.29) is 12.6 Å². The van der Waals surface area contributed by atoms with Crippen molar-refractivity contribution in [2.24, 2.45) is 4.99 Å². The first-order valence-corrected chi connectivity index (χ1v) is 8.07. The van der Waals surface area contributed by atoms with Crippen molar-refractivity contribution in [2.75, 3.05) is 13.6 Å². The van der Waals surface area contributed by atoms with Crippen LogP contribution < -0.4 is 0 Å². The Hall–Kier alpha value is -2.62. The van der Waals surface area contributed by atoms with E-state index in [1.807, 2.05) is 62.2 Å². The Labute approximate surface area is 143 Å². The molecule has 0 radical (unpaired) electrons. The van der Waals surface area contributed by atoms with E-state index in [0.29, 0.717) is 5.56 Å². The zero-order chi connectivity index (χ0) is 17.5. The van der Waals surface area contributed by atoms with Crippen LogP contribution in [0.2, 0.25) is 0 Å². The van der Waals surface area contributed by atoms with Gasteiger partial charge in [-0.15, -0.1) is 0 Å². The summed E-state index contributed by atoms with van der Waals surface area (Å²) in [5, 5.41) is 0. The summed E-state index contributed by atoms with van der Waals surface area (Å²) in [5.74, 6) is -0.311. The molecule has 4 heteroatoms.